The molecule has 0 aliphatic carbocycles. The quantitative estimate of drug-likeness (QED) is 0.188. The van der Waals surface area contributed by atoms with Gasteiger partial charge in [-0.25, -0.2) is 8.42 Å². The zero-order valence-electron chi connectivity index (χ0n) is 26.3. The third-order valence-electron chi connectivity index (χ3n) is 7.50. The van der Waals surface area contributed by atoms with Gasteiger partial charge in [-0.3, -0.25) is 13.9 Å². The summed E-state index contributed by atoms with van der Waals surface area (Å²) in [4.78, 5) is 29.9. The van der Waals surface area contributed by atoms with E-state index in [1.807, 2.05) is 82.3 Å². The van der Waals surface area contributed by atoms with E-state index >= 15 is 0 Å². The van der Waals surface area contributed by atoms with Gasteiger partial charge in [-0.05, 0) is 75.6 Å². The Kier molecular flexibility index (Phi) is 11.1. The highest BCUT2D eigenvalue weighted by atomic mass is 35.5. The van der Waals surface area contributed by atoms with Crippen molar-refractivity contribution in [3.05, 3.63) is 130 Å². The molecule has 4 aromatic carbocycles. The molecule has 0 aliphatic heterocycles. The molecule has 0 saturated heterocycles. The van der Waals surface area contributed by atoms with Crippen molar-refractivity contribution in [3.8, 4) is 0 Å². The molecule has 4 aromatic rings. The fraction of sp³-hybridized carbons (Fsp3) is 0.278. The third kappa shape index (κ3) is 8.74. The molecular weight excluding hydrogens is 606 g/mol. The fourth-order valence-corrected chi connectivity index (χ4v) is 6.66. The van der Waals surface area contributed by atoms with Gasteiger partial charge in [-0.15, -0.1) is 0 Å². The fourth-order valence-electron chi connectivity index (χ4n) is 5.03. The highest BCUT2D eigenvalue weighted by molar-refractivity contribution is 7.92. The summed E-state index contributed by atoms with van der Waals surface area (Å²) in [6, 6.07) is 27.6. The number of aryl methyl sites for hydroxylation is 3. The summed E-state index contributed by atoms with van der Waals surface area (Å²) in [5.74, 6) is -0.841. The monoisotopic (exact) mass is 645 g/mol. The van der Waals surface area contributed by atoms with Gasteiger partial charge in [-0.1, -0.05) is 95.5 Å². The SMILES string of the molecule is Cc1ccc(CN(C(=O)CN(c2cc(Cl)ccc2C)S(=O)(=O)c2ccc(C)cc2)C(Cc2ccccc2)C(=O)NC(C)C)cc1. The van der Waals surface area contributed by atoms with Crippen molar-refractivity contribution >= 4 is 39.1 Å². The number of halogens is 1. The van der Waals surface area contributed by atoms with E-state index in [-0.39, 0.29) is 35.5 Å². The first-order valence-corrected chi connectivity index (χ1v) is 16.7. The van der Waals surface area contributed by atoms with Gasteiger partial charge in [0.1, 0.15) is 12.6 Å². The lowest BCUT2D eigenvalue weighted by molar-refractivity contribution is -0.140. The third-order valence-corrected chi connectivity index (χ3v) is 9.51. The number of anilines is 1. The molecule has 0 aliphatic rings. The van der Waals surface area contributed by atoms with Crippen LogP contribution in [0.3, 0.4) is 0 Å². The second-order valence-corrected chi connectivity index (χ2v) is 13.9. The molecule has 1 unspecified atom stereocenters. The van der Waals surface area contributed by atoms with Crippen LogP contribution < -0.4 is 9.62 Å². The topological polar surface area (TPSA) is 86.8 Å². The van der Waals surface area contributed by atoms with Gasteiger partial charge in [0.15, 0.2) is 0 Å². The molecule has 0 fully saturated rings. The van der Waals surface area contributed by atoms with Gasteiger partial charge in [0.25, 0.3) is 10.0 Å². The molecule has 2 amide bonds. The predicted octanol–water partition coefficient (Wildman–Crippen LogP) is 6.63. The van der Waals surface area contributed by atoms with Crippen LogP contribution in [-0.4, -0.2) is 43.8 Å². The minimum atomic E-state index is -4.21. The average molecular weight is 646 g/mol. The second kappa shape index (κ2) is 14.8. The van der Waals surface area contributed by atoms with Crippen LogP contribution in [0.25, 0.3) is 0 Å². The van der Waals surface area contributed by atoms with Gasteiger partial charge in [0.05, 0.1) is 10.6 Å². The largest absolute Gasteiger partial charge is 0.352 e. The van der Waals surface area contributed by atoms with Gasteiger partial charge in [-0.2, -0.15) is 0 Å². The van der Waals surface area contributed by atoms with E-state index in [1.165, 1.54) is 17.0 Å². The average Bonchev–Trinajstić information content (AvgIpc) is 3.00. The Morgan fingerprint density at radius 2 is 1.40 bits per heavy atom. The highest BCUT2D eigenvalue weighted by Crippen LogP contribution is 2.30. The number of carbonyl (C=O) groups excluding carboxylic acids is 2. The second-order valence-electron chi connectivity index (χ2n) is 11.6. The number of nitrogens with one attached hydrogen (secondary N) is 1. The lowest BCUT2D eigenvalue weighted by atomic mass is 10.0. The Hall–Kier alpha value is -4.14. The predicted molar refractivity (Wildman–Crippen MR) is 181 cm³/mol. The van der Waals surface area contributed by atoms with E-state index in [0.29, 0.717) is 10.6 Å². The van der Waals surface area contributed by atoms with Crippen LogP contribution in [0.1, 0.15) is 41.7 Å². The molecular formula is C36H40ClN3O4S. The van der Waals surface area contributed by atoms with Crippen molar-refractivity contribution in [2.45, 2.75) is 64.6 Å². The van der Waals surface area contributed by atoms with Crippen LogP contribution in [0, 0.1) is 20.8 Å². The smallest absolute Gasteiger partial charge is 0.264 e. The lowest BCUT2D eigenvalue weighted by Gasteiger charge is -2.34. The summed E-state index contributed by atoms with van der Waals surface area (Å²) >= 11 is 6.36. The molecule has 0 bridgehead atoms. The van der Waals surface area contributed by atoms with Crippen LogP contribution in [0.2, 0.25) is 5.02 Å². The Morgan fingerprint density at radius 1 is 0.800 bits per heavy atom. The molecule has 0 heterocycles. The molecule has 236 valence electrons. The number of benzene rings is 4. The van der Waals surface area contributed by atoms with Crippen molar-refractivity contribution in [2.75, 3.05) is 10.8 Å². The zero-order valence-corrected chi connectivity index (χ0v) is 27.9. The summed E-state index contributed by atoms with van der Waals surface area (Å²) in [5, 5.41) is 3.31. The number of carbonyl (C=O) groups is 2. The summed E-state index contributed by atoms with van der Waals surface area (Å²) in [6.45, 7) is 8.91. The summed E-state index contributed by atoms with van der Waals surface area (Å²) in [6.07, 6.45) is 0.248. The molecule has 45 heavy (non-hydrogen) atoms. The van der Waals surface area contributed by atoms with Crippen LogP contribution in [0.5, 0.6) is 0 Å². The van der Waals surface area contributed by atoms with Gasteiger partial charge < -0.3 is 10.2 Å². The molecule has 1 N–H and O–H groups in total. The van der Waals surface area contributed by atoms with Crippen molar-refractivity contribution in [3.63, 3.8) is 0 Å². The molecule has 0 radical (unpaired) electrons. The normalized spacial score (nSPS) is 12.1. The van der Waals surface area contributed by atoms with Crippen LogP contribution in [0.15, 0.2) is 102 Å². The number of hydrogen-bond donors (Lipinski definition) is 1. The van der Waals surface area contributed by atoms with E-state index < -0.39 is 28.5 Å². The minimum absolute atomic E-state index is 0.0451. The molecule has 7 nitrogen and oxygen atoms in total. The molecule has 4 rings (SSSR count). The number of amides is 2. The van der Waals surface area contributed by atoms with E-state index in [2.05, 4.69) is 5.32 Å². The first-order chi connectivity index (χ1) is 21.3. The summed E-state index contributed by atoms with van der Waals surface area (Å²) in [5.41, 5.74) is 4.57. The van der Waals surface area contributed by atoms with Crippen molar-refractivity contribution in [1.82, 2.24) is 10.2 Å². The minimum Gasteiger partial charge on any atom is -0.352 e. The van der Waals surface area contributed by atoms with Crippen molar-refractivity contribution < 1.29 is 18.0 Å². The molecule has 0 aromatic heterocycles. The van der Waals surface area contributed by atoms with E-state index in [0.717, 1.165) is 26.6 Å². The van der Waals surface area contributed by atoms with Gasteiger partial charge in [0, 0.05) is 24.0 Å². The maximum absolute atomic E-state index is 14.6. The Labute approximate surface area is 271 Å². The number of sulfonamides is 1. The highest BCUT2D eigenvalue weighted by Gasteiger charge is 2.35. The number of nitrogens with zero attached hydrogens (tertiary/aromatic N) is 2. The van der Waals surface area contributed by atoms with Crippen LogP contribution in [0.4, 0.5) is 5.69 Å². The first kappa shape index (κ1) is 33.7. The van der Waals surface area contributed by atoms with Gasteiger partial charge >= 0.3 is 0 Å². The van der Waals surface area contributed by atoms with E-state index in [4.69, 9.17) is 11.6 Å². The molecule has 1 atom stereocenters. The standard InChI is InChI=1S/C36H40ClN3O4S/c1-25(2)38-36(42)34(21-29-9-7-6-8-10-29)39(23-30-16-11-26(3)12-17-30)35(41)24-40(33-22-31(37)18-15-28(33)5)45(43,44)32-19-13-27(4)14-20-32/h6-20,22,25,34H,21,23-24H2,1-5H3,(H,38,42). The molecule has 0 spiro atoms. The maximum Gasteiger partial charge on any atom is 0.264 e. The number of hydrogen-bond acceptors (Lipinski definition) is 4. The van der Waals surface area contributed by atoms with Crippen LogP contribution >= 0.6 is 11.6 Å². The Bertz CT molecular complexity index is 1720. The van der Waals surface area contributed by atoms with E-state index in [1.54, 1.807) is 37.3 Å². The zero-order chi connectivity index (χ0) is 32.7. The molecule has 0 saturated carbocycles. The Balaban J connectivity index is 1.83. The first-order valence-electron chi connectivity index (χ1n) is 14.9. The lowest BCUT2D eigenvalue weighted by Crippen LogP contribution is -2.54. The maximum atomic E-state index is 14.6. The molecule has 9 heteroatoms. The van der Waals surface area contributed by atoms with Crippen molar-refractivity contribution in [1.29, 1.82) is 0 Å². The van der Waals surface area contributed by atoms with Gasteiger partial charge in [0.2, 0.25) is 11.8 Å². The number of rotatable bonds is 12. The summed E-state index contributed by atoms with van der Waals surface area (Å²) < 4.78 is 29.6. The van der Waals surface area contributed by atoms with E-state index in [9.17, 15) is 18.0 Å². The Morgan fingerprint density at radius 3 is 2.00 bits per heavy atom. The summed E-state index contributed by atoms with van der Waals surface area (Å²) in [7, 11) is -4.21. The van der Waals surface area contributed by atoms with Crippen molar-refractivity contribution in [2.24, 2.45) is 0 Å². The van der Waals surface area contributed by atoms with Crippen LogP contribution in [-0.2, 0) is 32.6 Å².